The van der Waals surface area contributed by atoms with Crippen molar-refractivity contribution >= 4 is 27.3 Å². The zero-order valence-corrected chi connectivity index (χ0v) is 14.8. The minimum atomic E-state index is -4.40. The molecule has 2 N–H and O–H groups in total. The minimum absolute atomic E-state index is 0.0453. The zero-order valence-electron chi connectivity index (χ0n) is 14.0. The van der Waals surface area contributed by atoms with Crippen LogP contribution in [0.25, 0.3) is 0 Å². The number of alkyl halides is 3. The van der Waals surface area contributed by atoms with E-state index in [1.165, 1.54) is 12.1 Å². The second-order valence-corrected chi connectivity index (χ2v) is 8.18. The molecule has 1 aromatic carbocycles. The van der Waals surface area contributed by atoms with Crippen molar-refractivity contribution in [2.75, 3.05) is 16.3 Å². The van der Waals surface area contributed by atoms with E-state index in [2.05, 4.69) is 10.0 Å². The van der Waals surface area contributed by atoms with Crippen molar-refractivity contribution in [1.29, 1.82) is 0 Å². The van der Waals surface area contributed by atoms with Gasteiger partial charge in [0.2, 0.25) is 15.9 Å². The van der Waals surface area contributed by atoms with Crippen LogP contribution in [-0.4, -0.2) is 26.8 Å². The van der Waals surface area contributed by atoms with Crippen LogP contribution >= 0.6 is 0 Å². The molecular formula is C16H21F3N2O3S. The monoisotopic (exact) mass is 378 g/mol. The van der Waals surface area contributed by atoms with Crippen LogP contribution in [0, 0.1) is 18.8 Å². The Balaban J connectivity index is 2.18. The number of anilines is 2. The van der Waals surface area contributed by atoms with Crippen LogP contribution in [0.3, 0.4) is 0 Å². The first-order chi connectivity index (χ1) is 11.5. The summed E-state index contributed by atoms with van der Waals surface area (Å²) in [5.41, 5.74) is 1.17. The van der Waals surface area contributed by atoms with Crippen molar-refractivity contribution < 1.29 is 26.4 Å². The van der Waals surface area contributed by atoms with Gasteiger partial charge in [0.15, 0.2) is 0 Å². The first-order valence-corrected chi connectivity index (χ1v) is 9.82. The number of rotatable bonds is 4. The number of nitrogens with one attached hydrogen (secondary N) is 2. The predicted octanol–water partition coefficient (Wildman–Crippen LogP) is 3.67. The lowest BCUT2D eigenvalue weighted by Gasteiger charge is -2.32. The van der Waals surface area contributed by atoms with Crippen molar-refractivity contribution in [2.24, 2.45) is 11.8 Å². The molecule has 0 saturated heterocycles. The van der Waals surface area contributed by atoms with Gasteiger partial charge in [-0.1, -0.05) is 18.9 Å². The number of sulfonamides is 1. The van der Waals surface area contributed by atoms with Crippen LogP contribution < -0.4 is 10.0 Å². The Morgan fingerprint density at radius 2 is 1.84 bits per heavy atom. The normalized spacial score (nSPS) is 21.6. The first-order valence-electron chi connectivity index (χ1n) is 7.93. The summed E-state index contributed by atoms with van der Waals surface area (Å²) in [6.07, 6.45) is -2.22. The van der Waals surface area contributed by atoms with E-state index >= 15 is 0 Å². The van der Waals surface area contributed by atoms with E-state index in [-0.39, 0.29) is 24.2 Å². The van der Waals surface area contributed by atoms with Gasteiger partial charge >= 0.3 is 6.18 Å². The molecule has 2 atom stereocenters. The molecule has 0 bridgehead atoms. The topological polar surface area (TPSA) is 75.3 Å². The molecule has 25 heavy (non-hydrogen) atoms. The first kappa shape index (κ1) is 19.6. The van der Waals surface area contributed by atoms with E-state index in [1.54, 1.807) is 13.0 Å². The van der Waals surface area contributed by atoms with Crippen molar-refractivity contribution in [3.63, 3.8) is 0 Å². The van der Waals surface area contributed by atoms with E-state index < -0.39 is 33.9 Å². The zero-order chi connectivity index (χ0) is 18.8. The summed E-state index contributed by atoms with van der Waals surface area (Å²) < 4.78 is 64.5. The Hall–Kier alpha value is -1.77. The number of benzene rings is 1. The van der Waals surface area contributed by atoms with E-state index in [4.69, 9.17) is 0 Å². The molecular weight excluding hydrogens is 357 g/mol. The molecule has 1 aliphatic carbocycles. The molecule has 5 nitrogen and oxygen atoms in total. The maximum absolute atomic E-state index is 13.1. The fourth-order valence-electron chi connectivity index (χ4n) is 3.08. The second kappa shape index (κ2) is 7.23. The summed E-state index contributed by atoms with van der Waals surface area (Å²) in [5, 5.41) is 2.49. The van der Waals surface area contributed by atoms with Gasteiger partial charge in [-0.25, -0.2) is 8.42 Å². The third-order valence-corrected chi connectivity index (χ3v) is 4.91. The van der Waals surface area contributed by atoms with Crippen LogP contribution in [0.5, 0.6) is 0 Å². The highest BCUT2D eigenvalue weighted by Gasteiger charge is 2.48. The van der Waals surface area contributed by atoms with Gasteiger partial charge < -0.3 is 5.32 Å². The van der Waals surface area contributed by atoms with Gasteiger partial charge in [-0.3, -0.25) is 9.52 Å². The molecule has 0 aliphatic heterocycles. The van der Waals surface area contributed by atoms with Crippen molar-refractivity contribution in [2.45, 2.75) is 38.8 Å². The summed E-state index contributed by atoms with van der Waals surface area (Å²) in [6.45, 7) is 1.68. The Kier molecular flexibility index (Phi) is 5.65. The van der Waals surface area contributed by atoms with Gasteiger partial charge in [0.25, 0.3) is 0 Å². The molecule has 2 unspecified atom stereocenters. The summed E-state index contributed by atoms with van der Waals surface area (Å²) in [7, 11) is -3.50. The highest BCUT2D eigenvalue weighted by molar-refractivity contribution is 7.92. The number of carbonyl (C=O) groups excluding carboxylic acids is 1. The van der Waals surface area contributed by atoms with Crippen molar-refractivity contribution in [3.05, 3.63) is 23.8 Å². The molecule has 0 aromatic heterocycles. The third-order valence-electron chi connectivity index (χ3n) is 4.32. The molecule has 0 radical (unpaired) electrons. The molecule has 2 rings (SSSR count). The lowest BCUT2D eigenvalue weighted by molar-refractivity contribution is -0.197. The van der Waals surface area contributed by atoms with E-state index in [9.17, 15) is 26.4 Å². The van der Waals surface area contributed by atoms with Crippen LogP contribution in [0.4, 0.5) is 24.5 Å². The lowest BCUT2D eigenvalue weighted by atomic mass is 9.78. The Morgan fingerprint density at radius 1 is 1.20 bits per heavy atom. The molecule has 1 saturated carbocycles. The number of amides is 1. The number of aryl methyl sites for hydroxylation is 1. The average molecular weight is 378 g/mol. The number of halogens is 3. The highest BCUT2D eigenvalue weighted by Crippen LogP contribution is 2.42. The van der Waals surface area contributed by atoms with Crippen LogP contribution in [0.2, 0.25) is 0 Å². The fourth-order valence-corrected chi connectivity index (χ4v) is 3.70. The van der Waals surface area contributed by atoms with E-state index in [0.717, 1.165) is 6.26 Å². The van der Waals surface area contributed by atoms with Crippen LogP contribution in [0.15, 0.2) is 18.2 Å². The predicted molar refractivity (Wildman–Crippen MR) is 89.8 cm³/mol. The largest absolute Gasteiger partial charge is 0.392 e. The number of hydrogen-bond acceptors (Lipinski definition) is 3. The van der Waals surface area contributed by atoms with Gasteiger partial charge in [0.1, 0.15) is 0 Å². The van der Waals surface area contributed by atoms with E-state index in [0.29, 0.717) is 18.4 Å². The maximum atomic E-state index is 13.1. The molecule has 0 heterocycles. The molecule has 1 amide bonds. The number of hydrogen-bond donors (Lipinski definition) is 2. The van der Waals surface area contributed by atoms with Gasteiger partial charge in [0, 0.05) is 11.6 Å². The van der Waals surface area contributed by atoms with Gasteiger partial charge in [-0.05, 0) is 37.5 Å². The second-order valence-electron chi connectivity index (χ2n) is 6.43. The Bertz CT molecular complexity index is 747. The molecule has 140 valence electrons. The molecule has 0 spiro atoms. The summed E-state index contributed by atoms with van der Waals surface area (Å²) in [5.74, 6) is -3.45. The van der Waals surface area contributed by atoms with Gasteiger partial charge in [-0.15, -0.1) is 0 Å². The standard InChI is InChI=1S/C16H21F3N2O3S/c1-10-7-8-11(9-14(10)21-25(2,23)24)20-15(22)12-5-3-4-6-13(12)16(17,18)19/h7-9,12-13,21H,3-6H2,1-2H3,(H,20,22). The summed E-state index contributed by atoms with van der Waals surface area (Å²) >= 11 is 0. The summed E-state index contributed by atoms with van der Waals surface area (Å²) in [4.78, 5) is 12.4. The molecule has 1 aromatic rings. The minimum Gasteiger partial charge on any atom is -0.326 e. The molecule has 9 heteroatoms. The van der Waals surface area contributed by atoms with Crippen molar-refractivity contribution in [3.8, 4) is 0 Å². The van der Waals surface area contributed by atoms with Crippen molar-refractivity contribution in [1.82, 2.24) is 0 Å². The Morgan fingerprint density at radius 3 is 2.44 bits per heavy atom. The van der Waals surface area contributed by atoms with Crippen LogP contribution in [-0.2, 0) is 14.8 Å². The quantitative estimate of drug-likeness (QED) is 0.839. The Labute approximate surface area is 145 Å². The molecule has 1 fully saturated rings. The highest BCUT2D eigenvalue weighted by atomic mass is 32.2. The van der Waals surface area contributed by atoms with Gasteiger partial charge in [0.05, 0.1) is 17.9 Å². The third kappa shape index (κ3) is 5.35. The van der Waals surface area contributed by atoms with E-state index in [1.807, 2.05) is 0 Å². The SMILES string of the molecule is Cc1ccc(NC(=O)C2CCCCC2C(F)(F)F)cc1NS(C)(=O)=O. The molecule has 1 aliphatic rings. The lowest BCUT2D eigenvalue weighted by Crippen LogP contribution is -2.39. The summed E-state index contributed by atoms with van der Waals surface area (Å²) in [6, 6.07) is 4.52. The average Bonchev–Trinajstić information content (AvgIpc) is 2.48. The van der Waals surface area contributed by atoms with Gasteiger partial charge in [-0.2, -0.15) is 13.2 Å². The number of carbonyl (C=O) groups is 1. The maximum Gasteiger partial charge on any atom is 0.392 e. The van der Waals surface area contributed by atoms with Crippen LogP contribution in [0.1, 0.15) is 31.2 Å². The smallest absolute Gasteiger partial charge is 0.326 e. The fraction of sp³-hybridized carbons (Fsp3) is 0.562.